The smallest absolute Gasteiger partial charge is 0.0541 e. The van der Waals surface area contributed by atoms with E-state index in [0.29, 0.717) is 0 Å². The van der Waals surface area contributed by atoms with Gasteiger partial charge in [0.25, 0.3) is 0 Å². The van der Waals surface area contributed by atoms with E-state index >= 15 is 0 Å². The van der Waals surface area contributed by atoms with Crippen LogP contribution in [0, 0.1) is 13.8 Å². The summed E-state index contributed by atoms with van der Waals surface area (Å²) in [6.07, 6.45) is 0. The molecule has 162 valence electrons. The number of benzene rings is 5. The average molecular weight is 437 g/mol. The SMILES string of the molecule is Cc1cc(C)c(-n2c3ccccc3c3ccccc32)cc1-n1c2ccccc2c2ccccc21. The fourth-order valence-electron chi connectivity index (χ4n) is 5.68. The normalized spacial score (nSPS) is 11.8. The Hall–Kier alpha value is -4.30. The summed E-state index contributed by atoms with van der Waals surface area (Å²) in [5.74, 6) is 0. The standard InChI is InChI=1S/C32H24N2/c1-21-19-22(2)32(34-29-17-9-5-13-25(29)26-14-6-10-18-30(26)34)20-31(21)33-27-15-7-3-11-23(27)24-12-4-8-16-28(24)33/h3-20H,1-2H3. The van der Waals surface area contributed by atoms with E-state index in [9.17, 15) is 0 Å². The molecule has 0 atom stereocenters. The third kappa shape index (κ3) is 2.57. The molecule has 0 N–H and O–H groups in total. The third-order valence-corrected chi connectivity index (χ3v) is 7.16. The molecule has 0 unspecified atom stereocenters. The van der Waals surface area contributed by atoms with E-state index < -0.39 is 0 Å². The lowest BCUT2D eigenvalue weighted by Crippen LogP contribution is -2.03. The molecule has 0 radical (unpaired) electrons. The Morgan fingerprint density at radius 2 is 0.676 bits per heavy atom. The van der Waals surface area contributed by atoms with Crippen LogP contribution in [-0.2, 0) is 0 Å². The summed E-state index contributed by atoms with van der Waals surface area (Å²) in [4.78, 5) is 0. The van der Waals surface area contributed by atoms with Crippen molar-refractivity contribution in [3.8, 4) is 11.4 Å². The topological polar surface area (TPSA) is 9.86 Å². The molecule has 0 fully saturated rings. The Kier molecular flexibility index (Phi) is 4.01. The van der Waals surface area contributed by atoms with E-state index in [4.69, 9.17) is 0 Å². The monoisotopic (exact) mass is 436 g/mol. The van der Waals surface area contributed by atoms with Gasteiger partial charge in [0.1, 0.15) is 0 Å². The van der Waals surface area contributed by atoms with Crippen LogP contribution in [0.5, 0.6) is 0 Å². The molecule has 5 aromatic carbocycles. The quantitative estimate of drug-likeness (QED) is 0.257. The van der Waals surface area contributed by atoms with Crippen molar-refractivity contribution in [3.63, 3.8) is 0 Å². The van der Waals surface area contributed by atoms with Crippen LogP contribution in [0.1, 0.15) is 11.1 Å². The lowest BCUT2D eigenvalue weighted by molar-refractivity contribution is 1.09. The van der Waals surface area contributed by atoms with Crippen LogP contribution < -0.4 is 0 Å². The minimum absolute atomic E-state index is 1.22. The molecule has 0 saturated carbocycles. The van der Waals surface area contributed by atoms with Gasteiger partial charge in [0, 0.05) is 21.5 Å². The lowest BCUT2D eigenvalue weighted by atomic mass is 10.1. The Morgan fingerprint density at radius 1 is 0.382 bits per heavy atom. The lowest BCUT2D eigenvalue weighted by Gasteiger charge is -2.17. The number of nitrogens with zero attached hydrogens (tertiary/aromatic N) is 2. The Balaban J connectivity index is 1.61. The zero-order valence-corrected chi connectivity index (χ0v) is 19.3. The number of rotatable bonds is 2. The Morgan fingerprint density at radius 3 is 1.00 bits per heavy atom. The van der Waals surface area contributed by atoms with Crippen molar-refractivity contribution in [3.05, 3.63) is 120 Å². The molecule has 0 bridgehead atoms. The van der Waals surface area contributed by atoms with E-state index in [-0.39, 0.29) is 0 Å². The maximum absolute atomic E-state index is 2.43. The zero-order valence-electron chi connectivity index (χ0n) is 19.3. The largest absolute Gasteiger partial charge is 0.309 e. The van der Waals surface area contributed by atoms with Gasteiger partial charge in [-0.25, -0.2) is 0 Å². The minimum atomic E-state index is 1.22. The second-order valence-electron chi connectivity index (χ2n) is 9.16. The average Bonchev–Trinajstić information content (AvgIpc) is 3.38. The highest BCUT2D eigenvalue weighted by Gasteiger charge is 2.17. The zero-order chi connectivity index (χ0) is 22.8. The van der Waals surface area contributed by atoms with Gasteiger partial charge < -0.3 is 9.13 Å². The number of aromatic nitrogens is 2. The van der Waals surface area contributed by atoms with Crippen LogP contribution >= 0.6 is 0 Å². The first-order chi connectivity index (χ1) is 16.7. The molecule has 0 aliphatic carbocycles. The fourth-order valence-corrected chi connectivity index (χ4v) is 5.68. The molecule has 0 aliphatic rings. The summed E-state index contributed by atoms with van der Waals surface area (Å²) in [6, 6.07) is 39.6. The fraction of sp³-hybridized carbons (Fsp3) is 0.0625. The third-order valence-electron chi connectivity index (χ3n) is 7.16. The second kappa shape index (κ2) is 7.10. The Bertz CT molecular complexity index is 1640. The molecule has 7 rings (SSSR count). The molecular formula is C32H24N2. The summed E-state index contributed by atoms with van der Waals surface area (Å²) < 4.78 is 4.85. The van der Waals surface area contributed by atoms with Crippen LogP contribution in [0.15, 0.2) is 109 Å². The first-order valence-corrected chi connectivity index (χ1v) is 11.8. The summed E-state index contributed by atoms with van der Waals surface area (Å²) in [5.41, 5.74) is 9.95. The predicted molar refractivity (Wildman–Crippen MR) is 145 cm³/mol. The van der Waals surface area contributed by atoms with Gasteiger partial charge in [-0.2, -0.15) is 0 Å². The predicted octanol–water partition coefficient (Wildman–Crippen LogP) is 8.50. The minimum Gasteiger partial charge on any atom is -0.309 e. The van der Waals surface area contributed by atoms with Gasteiger partial charge in [0.2, 0.25) is 0 Å². The van der Waals surface area contributed by atoms with Gasteiger partial charge in [-0.1, -0.05) is 78.9 Å². The van der Waals surface area contributed by atoms with Crippen LogP contribution in [0.3, 0.4) is 0 Å². The number of aryl methyl sites for hydroxylation is 2. The van der Waals surface area contributed by atoms with Gasteiger partial charge in [0.05, 0.1) is 33.4 Å². The van der Waals surface area contributed by atoms with E-state index in [0.717, 1.165) is 0 Å². The van der Waals surface area contributed by atoms with Gasteiger partial charge in [-0.3, -0.25) is 0 Å². The molecule has 0 aliphatic heterocycles. The van der Waals surface area contributed by atoms with Crippen LogP contribution in [-0.4, -0.2) is 9.13 Å². The Labute approximate surface area is 198 Å². The van der Waals surface area contributed by atoms with E-state index in [1.165, 1.54) is 66.1 Å². The molecule has 2 heterocycles. The highest BCUT2D eigenvalue weighted by atomic mass is 15.0. The first-order valence-electron chi connectivity index (χ1n) is 11.8. The van der Waals surface area contributed by atoms with Crippen molar-refractivity contribution >= 4 is 43.6 Å². The highest BCUT2D eigenvalue weighted by molar-refractivity contribution is 6.10. The maximum atomic E-state index is 2.43. The highest BCUT2D eigenvalue weighted by Crippen LogP contribution is 2.37. The first kappa shape index (κ1) is 19.2. The molecule has 2 aromatic heterocycles. The van der Waals surface area contributed by atoms with E-state index in [2.05, 4.69) is 132 Å². The van der Waals surface area contributed by atoms with Gasteiger partial charge >= 0.3 is 0 Å². The molecule has 2 heteroatoms. The van der Waals surface area contributed by atoms with Crippen LogP contribution in [0.2, 0.25) is 0 Å². The molecule has 0 amide bonds. The van der Waals surface area contributed by atoms with Crippen LogP contribution in [0.4, 0.5) is 0 Å². The molecule has 0 spiro atoms. The van der Waals surface area contributed by atoms with Gasteiger partial charge in [-0.15, -0.1) is 0 Å². The summed E-state index contributed by atoms with van der Waals surface area (Å²) >= 11 is 0. The molecular weight excluding hydrogens is 412 g/mol. The summed E-state index contributed by atoms with van der Waals surface area (Å²) in [5, 5.41) is 5.15. The van der Waals surface area contributed by atoms with Crippen molar-refractivity contribution in [1.82, 2.24) is 9.13 Å². The van der Waals surface area contributed by atoms with Crippen molar-refractivity contribution in [1.29, 1.82) is 0 Å². The molecule has 2 nitrogen and oxygen atoms in total. The van der Waals surface area contributed by atoms with Crippen molar-refractivity contribution in [2.75, 3.05) is 0 Å². The van der Waals surface area contributed by atoms with E-state index in [1.54, 1.807) is 0 Å². The van der Waals surface area contributed by atoms with Crippen LogP contribution in [0.25, 0.3) is 55.0 Å². The number of fused-ring (bicyclic) bond motifs is 6. The van der Waals surface area contributed by atoms with Crippen molar-refractivity contribution in [2.24, 2.45) is 0 Å². The van der Waals surface area contributed by atoms with Gasteiger partial charge in [-0.05, 0) is 55.3 Å². The molecule has 7 aromatic rings. The molecule has 0 saturated heterocycles. The van der Waals surface area contributed by atoms with Crippen molar-refractivity contribution < 1.29 is 0 Å². The maximum Gasteiger partial charge on any atom is 0.0541 e. The number of para-hydroxylation sites is 4. The number of hydrogen-bond donors (Lipinski definition) is 0. The molecule has 34 heavy (non-hydrogen) atoms. The van der Waals surface area contributed by atoms with Gasteiger partial charge in [0.15, 0.2) is 0 Å². The van der Waals surface area contributed by atoms with E-state index in [1.807, 2.05) is 0 Å². The number of hydrogen-bond acceptors (Lipinski definition) is 0. The summed E-state index contributed by atoms with van der Waals surface area (Å²) in [7, 11) is 0. The summed E-state index contributed by atoms with van der Waals surface area (Å²) in [6.45, 7) is 4.45. The second-order valence-corrected chi connectivity index (χ2v) is 9.16. The van der Waals surface area contributed by atoms with Crippen molar-refractivity contribution in [2.45, 2.75) is 13.8 Å².